The molecule has 4 N–H and O–H groups in total. The molecule has 0 atom stereocenters. The van der Waals surface area contributed by atoms with Crippen molar-refractivity contribution in [3.8, 4) is 5.95 Å². The highest BCUT2D eigenvalue weighted by Crippen LogP contribution is 2.26. The van der Waals surface area contributed by atoms with E-state index in [1.54, 1.807) is 18.2 Å². The standard InChI is InChI=1S/C18H11Cl2FN6O2/c19-8-4-5-11-12(6-8)25-18(24-11)27-7-23-14(15(27)16(22)28)17(29)26-13-9(20)2-1-3-10(13)21/h1-7H,(H2,22,28)(H,24,25)(H,26,29). The van der Waals surface area contributed by atoms with Crippen LogP contribution in [0.4, 0.5) is 10.1 Å². The fraction of sp³-hybridized carbons (Fsp3) is 0. The summed E-state index contributed by atoms with van der Waals surface area (Å²) >= 11 is 11.9. The minimum absolute atomic E-state index is 0.00688. The van der Waals surface area contributed by atoms with Crippen molar-refractivity contribution < 1.29 is 14.0 Å². The average Bonchev–Trinajstić information content (AvgIpc) is 3.28. The van der Waals surface area contributed by atoms with Crippen molar-refractivity contribution in [2.45, 2.75) is 0 Å². The summed E-state index contributed by atoms with van der Waals surface area (Å²) < 4.78 is 15.2. The number of aromatic amines is 1. The van der Waals surface area contributed by atoms with E-state index in [-0.39, 0.29) is 28.0 Å². The SMILES string of the molecule is NC(=O)c1c(C(=O)Nc2c(F)cccc2Cl)ncn1-c1nc2ccc(Cl)cc2[nH]1. The Hall–Kier alpha value is -3.43. The maximum atomic E-state index is 14.0. The number of nitrogens with zero attached hydrogens (tertiary/aromatic N) is 3. The van der Waals surface area contributed by atoms with Crippen LogP contribution in [0.25, 0.3) is 17.0 Å². The summed E-state index contributed by atoms with van der Waals surface area (Å²) in [5.74, 6) is -2.32. The highest BCUT2D eigenvalue weighted by molar-refractivity contribution is 6.34. The molecule has 8 nitrogen and oxygen atoms in total. The lowest BCUT2D eigenvalue weighted by molar-refractivity contribution is 0.0970. The first-order valence-corrected chi connectivity index (χ1v) is 8.89. The number of carbonyl (C=O) groups is 2. The Labute approximate surface area is 172 Å². The summed E-state index contributed by atoms with van der Waals surface area (Å²) in [6.45, 7) is 0. The van der Waals surface area contributed by atoms with Crippen LogP contribution >= 0.6 is 23.2 Å². The number of benzene rings is 2. The second kappa shape index (κ2) is 7.19. The predicted molar refractivity (Wildman–Crippen MR) is 106 cm³/mol. The highest BCUT2D eigenvalue weighted by atomic mass is 35.5. The number of rotatable bonds is 4. The van der Waals surface area contributed by atoms with Crippen molar-refractivity contribution in [1.82, 2.24) is 19.5 Å². The van der Waals surface area contributed by atoms with E-state index in [9.17, 15) is 14.0 Å². The number of primary amides is 1. The minimum atomic E-state index is -0.925. The lowest BCUT2D eigenvalue weighted by atomic mass is 10.2. The molecule has 146 valence electrons. The van der Waals surface area contributed by atoms with Gasteiger partial charge in [-0.15, -0.1) is 0 Å². The van der Waals surface area contributed by atoms with Gasteiger partial charge in [0, 0.05) is 5.02 Å². The third kappa shape index (κ3) is 3.41. The van der Waals surface area contributed by atoms with Crippen LogP contribution in [0, 0.1) is 5.82 Å². The molecule has 4 aromatic rings. The van der Waals surface area contributed by atoms with Gasteiger partial charge in [0.25, 0.3) is 11.8 Å². The molecule has 0 aliphatic rings. The first-order chi connectivity index (χ1) is 13.8. The Bertz CT molecular complexity index is 1260. The number of amides is 2. The summed E-state index contributed by atoms with van der Waals surface area (Å²) in [6.07, 6.45) is 1.21. The smallest absolute Gasteiger partial charge is 0.276 e. The Morgan fingerprint density at radius 2 is 2.00 bits per heavy atom. The van der Waals surface area contributed by atoms with E-state index >= 15 is 0 Å². The zero-order chi connectivity index (χ0) is 20.7. The largest absolute Gasteiger partial charge is 0.364 e. The number of nitrogens with one attached hydrogen (secondary N) is 2. The van der Waals surface area contributed by atoms with Crippen molar-refractivity contribution in [2.75, 3.05) is 5.32 Å². The number of anilines is 1. The second-order valence-electron chi connectivity index (χ2n) is 5.95. The second-order valence-corrected chi connectivity index (χ2v) is 6.79. The molecule has 0 radical (unpaired) electrons. The van der Waals surface area contributed by atoms with Crippen molar-refractivity contribution in [2.24, 2.45) is 5.73 Å². The van der Waals surface area contributed by atoms with Gasteiger partial charge in [-0.2, -0.15) is 0 Å². The third-order valence-corrected chi connectivity index (χ3v) is 4.63. The fourth-order valence-corrected chi connectivity index (χ4v) is 3.17. The van der Waals surface area contributed by atoms with Crippen LogP contribution in [0.2, 0.25) is 10.0 Å². The lowest BCUT2D eigenvalue weighted by Crippen LogP contribution is -2.23. The van der Waals surface area contributed by atoms with Crippen molar-refractivity contribution >= 4 is 51.7 Å². The molecule has 0 fully saturated rings. The van der Waals surface area contributed by atoms with Gasteiger partial charge in [0.2, 0.25) is 5.95 Å². The van der Waals surface area contributed by atoms with Gasteiger partial charge in [-0.1, -0.05) is 29.3 Å². The molecule has 2 aromatic carbocycles. The van der Waals surface area contributed by atoms with Crippen LogP contribution in [0.5, 0.6) is 0 Å². The number of halogens is 3. The van der Waals surface area contributed by atoms with Gasteiger partial charge in [-0.3, -0.25) is 14.2 Å². The summed E-state index contributed by atoms with van der Waals surface area (Å²) in [6, 6.07) is 8.94. The zero-order valence-corrected chi connectivity index (χ0v) is 15.9. The number of aromatic nitrogens is 4. The molecule has 0 bridgehead atoms. The number of carbonyl (C=O) groups excluding carboxylic acids is 2. The van der Waals surface area contributed by atoms with Crippen LogP contribution in [0.3, 0.4) is 0 Å². The summed E-state index contributed by atoms with van der Waals surface area (Å²) in [5, 5.41) is 2.80. The number of hydrogen-bond donors (Lipinski definition) is 3. The van der Waals surface area contributed by atoms with Crippen LogP contribution < -0.4 is 11.1 Å². The van der Waals surface area contributed by atoms with Crippen molar-refractivity contribution in [1.29, 1.82) is 0 Å². The molecule has 2 amide bonds. The monoisotopic (exact) mass is 432 g/mol. The maximum absolute atomic E-state index is 14.0. The number of H-pyrrole nitrogens is 1. The molecule has 11 heteroatoms. The number of nitrogens with two attached hydrogens (primary N) is 1. The molecule has 0 aliphatic heterocycles. The van der Waals surface area contributed by atoms with E-state index < -0.39 is 17.6 Å². The molecule has 4 rings (SSSR count). The third-order valence-electron chi connectivity index (χ3n) is 4.08. The maximum Gasteiger partial charge on any atom is 0.276 e. The normalized spacial score (nSPS) is 11.0. The molecule has 0 spiro atoms. The van der Waals surface area contributed by atoms with Gasteiger partial charge in [-0.05, 0) is 30.3 Å². The Kier molecular flexibility index (Phi) is 4.69. The number of imidazole rings is 2. The van der Waals surface area contributed by atoms with E-state index in [2.05, 4.69) is 20.3 Å². The highest BCUT2D eigenvalue weighted by Gasteiger charge is 2.25. The molecule has 2 aromatic heterocycles. The van der Waals surface area contributed by atoms with Gasteiger partial charge in [0.15, 0.2) is 5.69 Å². The molecule has 29 heavy (non-hydrogen) atoms. The molecule has 0 unspecified atom stereocenters. The van der Waals surface area contributed by atoms with E-state index in [0.717, 1.165) is 6.07 Å². The van der Waals surface area contributed by atoms with Gasteiger partial charge in [0.1, 0.15) is 17.8 Å². The van der Waals surface area contributed by atoms with Crippen LogP contribution in [-0.2, 0) is 0 Å². The summed E-state index contributed by atoms with van der Waals surface area (Å²) in [4.78, 5) is 36.0. The first-order valence-electron chi connectivity index (χ1n) is 8.13. The van der Waals surface area contributed by atoms with Crippen LogP contribution in [0.1, 0.15) is 21.0 Å². The van der Waals surface area contributed by atoms with Gasteiger partial charge < -0.3 is 16.0 Å². The van der Waals surface area contributed by atoms with Gasteiger partial charge in [0.05, 0.1) is 21.7 Å². The summed E-state index contributed by atoms with van der Waals surface area (Å²) in [5.41, 5.74) is 5.88. The first kappa shape index (κ1) is 18.9. The number of para-hydroxylation sites is 1. The molecular weight excluding hydrogens is 422 g/mol. The Morgan fingerprint density at radius 1 is 1.21 bits per heavy atom. The lowest BCUT2D eigenvalue weighted by Gasteiger charge is -2.08. The topological polar surface area (TPSA) is 119 Å². The van der Waals surface area contributed by atoms with E-state index in [4.69, 9.17) is 28.9 Å². The Balaban J connectivity index is 1.76. The van der Waals surface area contributed by atoms with Crippen LogP contribution in [-0.4, -0.2) is 31.3 Å². The average molecular weight is 433 g/mol. The van der Waals surface area contributed by atoms with E-state index in [1.165, 1.54) is 23.0 Å². The molecule has 2 heterocycles. The molecule has 0 aliphatic carbocycles. The van der Waals surface area contributed by atoms with E-state index in [1.807, 2.05) is 0 Å². The molecule has 0 saturated carbocycles. The minimum Gasteiger partial charge on any atom is -0.364 e. The molecular formula is C18H11Cl2FN6O2. The predicted octanol–water partition coefficient (Wildman–Crippen LogP) is 3.55. The fourth-order valence-electron chi connectivity index (χ4n) is 2.78. The number of hydrogen-bond acceptors (Lipinski definition) is 4. The molecule has 0 saturated heterocycles. The van der Waals surface area contributed by atoms with E-state index in [0.29, 0.717) is 16.1 Å². The summed E-state index contributed by atoms with van der Waals surface area (Å²) in [7, 11) is 0. The Morgan fingerprint density at radius 3 is 2.72 bits per heavy atom. The zero-order valence-electron chi connectivity index (χ0n) is 14.4. The van der Waals surface area contributed by atoms with Crippen molar-refractivity contribution in [3.05, 3.63) is 70.0 Å². The van der Waals surface area contributed by atoms with Gasteiger partial charge in [-0.25, -0.2) is 14.4 Å². The number of fused-ring (bicyclic) bond motifs is 1. The quantitative estimate of drug-likeness (QED) is 0.456. The van der Waals surface area contributed by atoms with Gasteiger partial charge >= 0.3 is 0 Å². The van der Waals surface area contributed by atoms with Crippen LogP contribution in [0.15, 0.2) is 42.7 Å². The van der Waals surface area contributed by atoms with Crippen molar-refractivity contribution in [3.63, 3.8) is 0 Å².